The number of benzene rings is 2. The number of carbonyl (C=O) groups is 2. The van der Waals surface area contributed by atoms with Gasteiger partial charge in [0.15, 0.2) is 0 Å². The zero-order chi connectivity index (χ0) is 21.8. The summed E-state index contributed by atoms with van der Waals surface area (Å²) < 4.78 is 5.59. The van der Waals surface area contributed by atoms with Gasteiger partial charge in [-0.25, -0.2) is 0 Å². The van der Waals surface area contributed by atoms with Crippen molar-refractivity contribution in [1.82, 2.24) is 4.90 Å². The van der Waals surface area contributed by atoms with E-state index < -0.39 is 17.7 Å². The summed E-state index contributed by atoms with van der Waals surface area (Å²) in [6.45, 7) is 2.92. The highest BCUT2D eigenvalue weighted by molar-refractivity contribution is 7.10. The molecule has 2 aromatic carbocycles. The Morgan fingerprint density at radius 3 is 2.42 bits per heavy atom. The molecule has 1 atom stereocenters. The maximum Gasteiger partial charge on any atom is 0.295 e. The molecule has 6 heteroatoms. The first kappa shape index (κ1) is 20.9. The fraction of sp³-hybridized carbons (Fsp3) is 0.200. The number of hydrogen-bond acceptors (Lipinski definition) is 5. The average Bonchev–Trinajstić information content (AvgIpc) is 3.41. The molecule has 0 spiro atoms. The van der Waals surface area contributed by atoms with E-state index in [4.69, 9.17) is 4.74 Å². The van der Waals surface area contributed by atoms with Crippen LogP contribution >= 0.6 is 11.3 Å². The van der Waals surface area contributed by atoms with Crippen molar-refractivity contribution >= 4 is 28.8 Å². The van der Waals surface area contributed by atoms with Crippen LogP contribution in [0, 0.1) is 0 Å². The maximum absolute atomic E-state index is 13.0. The molecule has 0 bridgehead atoms. The lowest BCUT2D eigenvalue weighted by Crippen LogP contribution is -2.28. The summed E-state index contributed by atoms with van der Waals surface area (Å²) in [7, 11) is 0. The summed E-state index contributed by atoms with van der Waals surface area (Å²) in [5.41, 5.74) is 1.51. The second-order valence-electron chi connectivity index (χ2n) is 7.30. The van der Waals surface area contributed by atoms with Crippen LogP contribution in [0.15, 0.2) is 77.7 Å². The fourth-order valence-corrected chi connectivity index (χ4v) is 4.50. The minimum atomic E-state index is -0.668. The van der Waals surface area contributed by atoms with Gasteiger partial charge in [0, 0.05) is 17.0 Å². The van der Waals surface area contributed by atoms with E-state index in [9.17, 15) is 14.7 Å². The van der Waals surface area contributed by atoms with Gasteiger partial charge in [0.2, 0.25) is 0 Å². The lowest BCUT2D eigenvalue weighted by atomic mass is 9.99. The van der Waals surface area contributed by atoms with E-state index in [1.807, 2.05) is 54.8 Å². The monoisotopic (exact) mass is 433 g/mol. The Morgan fingerprint density at radius 1 is 1.03 bits per heavy atom. The van der Waals surface area contributed by atoms with Crippen molar-refractivity contribution in [2.45, 2.75) is 25.9 Å². The smallest absolute Gasteiger partial charge is 0.295 e. The van der Waals surface area contributed by atoms with Gasteiger partial charge < -0.3 is 14.7 Å². The SMILES string of the molecule is CCCOc1ccc(/C(O)=C2\C(=O)C(=O)N(Cc3ccccc3)C2c2cccs2)cc1. The van der Waals surface area contributed by atoms with E-state index in [1.165, 1.54) is 16.2 Å². The molecule has 1 aromatic heterocycles. The lowest BCUT2D eigenvalue weighted by molar-refractivity contribution is -0.140. The molecular weight excluding hydrogens is 410 g/mol. The molecule has 5 nitrogen and oxygen atoms in total. The molecule has 3 aromatic rings. The Bertz CT molecular complexity index is 1090. The molecule has 31 heavy (non-hydrogen) atoms. The molecule has 1 saturated heterocycles. The number of rotatable bonds is 7. The number of Topliss-reactive ketones (excluding diaryl/α,β-unsaturated/α-hetero) is 1. The maximum atomic E-state index is 13.0. The topological polar surface area (TPSA) is 66.8 Å². The molecule has 0 saturated carbocycles. The zero-order valence-corrected chi connectivity index (χ0v) is 18.0. The first-order valence-corrected chi connectivity index (χ1v) is 11.1. The van der Waals surface area contributed by atoms with Crippen molar-refractivity contribution in [3.05, 3.63) is 93.7 Å². The second kappa shape index (κ2) is 9.18. The van der Waals surface area contributed by atoms with Gasteiger partial charge in [-0.2, -0.15) is 0 Å². The molecule has 1 aliphatic heterocycles. The first-order chi connectivity index (χ1) is 15.1. The number of carbonyl (C=O) groups excluding carboxylic acids is 2. The van der Waals surface area contributed by atoms with Gasteiger partial charge in [0.25, 0.3) is 11.7 Å². The molecule has 0 aliphatic carbocycles. The summed E-state index contributed by atoms with van der Waals surface area (Å²) in [5.74, 6) is -0.753. The van der Waals surface area contributed by atoms with Crippen LogP contribution in [0.5, 0.6) is 5.75 Å². The number of ketones is 1. The van der Waals surface area contributed by atoms with E-state index in [1.54, 1.807) is 24.3 Å². The third-order valence-corrected chi connectivity index (χ3v) is 6.07. The Labute approximate surface area is 185 Å². The van der Waals surface area contributed by atoms with Crippen molar-refractivity contribution in [3.8, 4) is 5.75 Å². The van der Waals surface area contributed by atoms with Crippen LogP contribution in [-0.2, 0) is 16.1 Å². The molecule has 1 N–H and O–H groups in total. The number of hydrogen-bond donors (Lipinski definition) is 1. The van der Waals surface area contributed by atoms with Crippen molar-refractivity contribution in [2.24, 2.45) is 0 Å². The third-order valence-electron chi connectivity index (χ3n) is 5.15. The predicted octanol–water partition coefficient (Wildman–Crippen LogP) is 5.16. The number of aliphatic hydroxyl groups is 1. The van der Waals surface area contributed by atoms with Crippen LogP contribution in [0.1, 0.15) is 35.4 Å². The minimum absolute atomic E-state index is 0.116. The minimum Gasteiger partial charge on any atom is -0.507 e. The molecule has 1 fully saturated rings. The van der Waals surface area contributed by atoms with E-state index >= 15 is 0 Å². The fourth-order valence-electron chi connectivity index (χ4n) is 3.65. The van der Waals surface area contributed by atoms with E-state index in [2.05, 4.69) is 0 Å². The highest BCUT2D eigenvalue weighted by Gasteiger charge is 2.46. The van der Waals surface area contributed by atoms with Gasteiger partial charge in [0.1, 0.15) is 11.5 Å². The van der Waals surface area contributed by atoms with Crippen LogP contribution in [-0.4, -0.2) is 28.3 Å². The van der Waals surface area contributed by atoms with Crippen LogP contribution in [0.4, 0.5) is 0 Å². The molecule has 158 valence electrons. The number of likely N-dealkylation sites (tertiary alicyclic amines) is 1. The normalized spacial score (nSPS) is 17.8. The van der Waals surface area contributed by atoms with Gasteiger partial charge in [-0.1, -0.05) is 43.3 Å². The van der Waals surface area contributed by atoms with Gasteiger partial charge in [-0.05, 0) is 47.7 Å². The number of amides is 1. The summed E-state index contributed by atoms with van der Waals surface area (Å²) in [4.78, 5) is 28.3. The molecule has 0 radical (unpaired) electrons. The molecule has 1 aliphatic rings. The largest absolute Gasteiger partial charge is 0.507 e. The first-order valence-electron chi connectivity index (χ1n) is 10.2. The Morgan fingerprint density at radius 2 is 1.77 bits per heavy atom. The summed E-state index contributed by atoms with van der Waals surface area (Å²) in [6.07, 6.45) is 0.896. The van der Waals surface area contributed by atoms with Gasteiger partial charge >= 0.3 is 0 Å². The van der Waals surface area contributed by atoms with E-state index in [-0.39, 0.29) is 17.9 Å². The molecule has 2 heterocycles. The third kappa shape index (κ3) is 4.25. The summed E-state index contributed by atoms with van der Waals surface area (Å²) in [6, 6.07) is 19.6. The number of nitrogens with zero attached hydrogens (tertiary/aromatic N) is 1. The van der Waals surface area contributed by atoms with E-state index in [0.29, 0.717) is 17.9 Å². The number of thiophene rings is 1. The van der Waals surface area contributed by atoms with Crippen LogP contribution < -0.4 is 4.74 Å². The molecule has 4 rings (SSSR count). The number of aliphatic hydroxyl groups excluding tert-OH is 1. The number of ether oxygens (including phenoxy) is 1. The molecule has 1 amide bonds. The van der Waals surface area contributed by atoms with Crippen LogP contribution in [0.2, 0.25) is 0 Å². The zero-order valence-electron chi connectivity index (χ0n) is 17.2. The van der Waals surface area contributed by atoms with Crippen LogP contribution in [0.3, 0.4) is 0 Å². The van der Waals surface area contributed by atoms with Gasteiger partial charge in [0.05, 0.1) is 18.2 Å². The highest BCUT2D eigenvalue weighted by atomic mass is 32.1. The van der Waals surface area contributed by atoms with Gasteiger partial charge in [-0.3, -0.25) is 9.59 Å². The Balaban J connectivity index is 1.74. The van der Waals surface area contributed by atoms with Crippen molar-refractivity contribution in [1.29, 1.82) is 0 Å². The predicted molar refractivity (Wildman–Crippen MR) is 121 cm³/mol. The van der Waals surface area contributed by atoms with Crippen molar-refractivity contribution in [2.75, 3.05) is 6.61 Å². The van der Waals surface area contributed by atoms with E-state index in [0.717, 1.165) is 16.9 Å². The molecular formula is C25H23NO4S. The van der Waals surface area contributed by atoms with Crippen molar-refractivity contribution < 1.29 is 19.4 Å². The lowest BCUT2D eigenvalue weighted by Gasteiger charge is -2.24. The summed E-state index contributed by atoms with van der Waals surface area (Å²) in [5, 5.41) is 13.0. The van der Waals surface area contributed by atoms with Crippen molar-refractivity contribution in [3.63, 3.8) is 0 Å². The quantitative estimate of drug-likeness (QED) is 0.318. The summed E-state index contributed by atoms with van der Waals surface area (Å²) >= 11 is 1.46. The Hall–Kier alpha value is -3.38. The highest BCUT2D eigenvalue weighted by Crippen LogP contribution is 2.41. The second-order valence-corrected chi connectivity index (χ2v) is 8.28. The van der Waals surface area contributed by atoms with Gasteiger partial charge in [-0.15, -0.1) is 11.3 Å². The average molecular weight is 434 g/mol. The van der Waals surface area contributed by atoms with Crippen LogP contribution in [0.25, 0.3) is 5.76 Å². The molecule has 1 unspecified atom stereocenters. The Kier molecular flexibility index (Phi) is 6.18. The standard InChI is InChI=1S/C25H23NO4S/c1-2-14-30-19-12-10-18(11-13-19)23(27)21-22(20-9-6-15-31-20)26(25(29)24(21)28)16-17-7-4-3-5-8-17/h3-13,15,22,27H,2,14,16H2,1H3/b23-21+.